The molecule has 2 aliphatic heterocycles. The molecule has 0 radical (unpaired) electrons. The number of likely N-dealkylation sites (tertiary alicyclic amines) is 1. The maximum Gasteiger partial charge on any atom is 0.223 e. The Balaban J connectivity index is 1.82. The second kappa shape index (κ2) is 7.78. The van der Waals surface area contributed by atoms with Crippen LogP contribution in [0.5, 0.6) is 0 Å². The third kappa shape index (κ3) is 4.69. The zero-order valence-corrected chi connectivity index (χ0v) is 15.0. The zero-order chi connectivity index (χ0) is 16.2. The Kier molecular flexibility index (Phi) is 6.27. The summed E-state index contributed by atoms with van der Waals surface area (Å²) in [4.78, 5) is 15.0. The predicted molar refractivity (Wildman–Crippen MR) is 91.9 cm³/mol. The second-order valence-electron chi connectivity index (χ2n) is 7.97. The molecule has 0 spiro atoms. The van der Waals surface area contributed by atoms with Crippen molar-refractivity contribution >= 4 is 5.91 Å². The van der Waals surface area contributed by atoms with Crippen LogP contribution in [0.4, 0.5) is 0 Å². The van der Waals surface area contributed by atoms with E-state index in [0.29, 0.717) is 6.04 Å². The van der Waals surface area contributed by atoms with Crippen molar-refractivity contribution < 1.29 is 4.79 Å². The van der Waals surface area contributed by atoms with Crippen LogP contribution in [0.15, 0.2) is 0 Å². The molecule has 2 rings (SSSR count). The monoisotopic (exact) mass is 309 g/mol. The number of piperidine rings is 2. The van der Waals surface area contributed by atoms with Crippen LogP contribution in [0, 0.1) is 11.8 Å². The van der Waals surface area contributed by atoms with Crippen molar-refractivity contribution in [2.75, 3.05) is 26.2 Å². The summed E-state index contributed by atoms with van der Waals surface area (Å²) in [5.41, 5.74) is 0.0576. The quantitative estimate of drug-likeness (QED) is 0.819. The fraction of sp³-hybridized carbons (Fsp3) is 0.944. The van der Waals surface area contributed by atoms with E-state index in [1.807, 2.05) is 0 Å². The fourth-order valence-electron chi connectivity index (χ4n) is 3.88. The van der Waals surface area contributed by atoms with Gasteiger partial charge in [-0.3, -0.25) is 9.69 Å². The van der Waals surface area contributed by atoms with E-state index in [-0.39, 0.29) is 17.4 Å². The zero-order valence-electron chi connectivity index (χ0n) is 15.0. The van der Waals surface area contributed by atoms with Gasteiger partial charge in [-0.2, -0.15) is 0 Å². The van der Waals surface area contributed by atoms with Crippen molar-refractivity contribution in [2.45, 2.75) is 71.4 Å². The van der Waals surface area contributed by atoms with Gasteiger partial charge in [0.15, 0.2) is 0 Å². The lowest BCUT2D eigenvalue weighted by molar-refractivity contribution is -0.126. The third-order valence-corrected chi connectivity index (χ3v) is 5.64. The molecule has 0 aliphatic carbocycles. The van der Waals surface area contributed by atoms with Gasteiger partial charge in [-0.25, -0.2) is 0 Å². The highest BCUT2D eigenvalue weighted by Gasteiger charge is 2.32. The van der Waals surface area contributed by atoms with Crippen molar-refractivity contribution in [2.24, 2.45) is 11.8 Å². The van der Waals surface area contributed by atoms with Gasteiger partial charge in [0.05, 0.1) is 0 Å². The number of carbonyl (C=O) groups excluding carboxylic acids is 1. The van der Waals surface area contributed by atoms with Crippen molar-refractivity contribution in [1.82, 2.24) is 15.5 Å². The van der Waals surface area contributed by atoms with E-state index in [4.69, 9.17) is 0 Å². The van der Waals surface area contributed by atoms with Crippen LogP contribution < -0.4 is 10.6 Å². The summed E-state index contributed by atoms with van der Waals surface area (Å²) in [6.45, 7) is 13.1. The lowest BCUT2D eigenvalue weighted by atomic mass is 9.90. The van der Waals surface area contributed by atoms with Gasteiger partial charge >= 0.3 is 0 Å². The number of nitrogens with zero attached hydrogens (tertiary/aromatic N) is 1. The van der Waals surface area contributed by atoms with E-state index < -0.39 is 0 Å². The minimum absolute atomic E-state index is 0.0576. The standard InChI is InChI=1S/C18H35N3O/c1-5-15-7-6-10-21(12-15)18(3,4)13-20-17(22)16-8-9-19-14(2)11-16/h14-16,19H,5-13H2,1-4H3,(H,20,22)/t14-,15?,16-/m0/s1. The van der Waals surface area contributed by atoms with Crippen LogP contribution in [0.25, 0.3) is 0 Å². The maximum atomic E-state index is 12.4. The van der Waals surface area contributed by atoms with Crippen LogP contribution in [0.1, 0.15) is 59.8 Å². The molecule has 0 bridgehead atoms. The van der Waals surface area contributed by atoms with Crippen LogP contribution in [-0.4, -0.2) is 48.6 Å². The summed E-state index contributed by atoms with van der Waals surface area (Å²) in [7, 11) is 0. The number of carbonyl (C=O) groups is 1. The van der Waals surface area contributed by atoms with Gasteiger partial charge in [0, 0.05) is 30.6 Å². The molecule has 0 saturated carbocycles. The minimum atomic E-state index is 0.0576. The van der Waals surface area contributed by atoms with E-state index in [9.17, 15) is 4.79 Å². The summed E-state index contributed by atoms with van der Waals surface area (Å²) in [5, 5.41) is 6.65. The number of rotatable bonds is 5. The summed E-state index contributed by atoms with van der Waals surface area (Å²) >= 11 is 0. The lowest BCUT2D eigenvalue weighted by Crippen LogP contribution is -2.55. The number of amides is 1. The molecule has 128 valence electrons. The van der Waals surface area contributed by atoms with E-state index in [2.05, 4.69) is 43.2 Å². The molecule has 2 fully saturated rings. The molecule has 2 N–H and O–H groups in total. The van der Waals surface area contributed by atoms with E-state index in [1.54, 1.807) is 0 Å². The highest BCUT2D eigenvalue weighted by atomic mass is 16.1. The second-order valence-corrected chi connectivity index (χ2v) is 7.97. The average molecular weight is 309 g/mol. The highest BCUT2D eigenvalue weighted by molar-refractivity contribution is 5.78. The molecule has 2 aliphatic rings. The van der Waals surface area contributed by atoms with Gasteiger partial charge < -0.3 is 10.6 Å². The number of hydrogen-bond donors (Lipinski definition) is 2. The largest absolute Gasteiger partial charge is 0.354 e. The normalized spacial score (nSPS) is 31.0. The molecule has 0 aromatic carbocycles. The summed E-state index contributed by atoms with van der Waals surface area (Å²) in [6, 6.07) is 0.463. The first-order chi connectivity index (χ1) is 10.4. The molecule has 2 saturated heterocycles. The Morgan fingerprint density at radius 3 is 2.82 bits per heavy atom. The first kappa shape index (κ1) is 17.7. The molecular formula is C18H35N3O. The smallest absolute Gasteiger partial charge is 0.223 e. The van der Waals surface area contributed by atoms with Crippen molar-refractivity contribution in [3.8, 4) is 0 Å². The summed E-state index contributed by atoms with van der Waals surface area (Å²) in [6.07, 6.45) is 5.86. The Morgan fingerprint density at radius 2 is 2.14 bits per heavy atom. The van der Waals surface area contributed by atoms with Gasteiger partial charge in [-0.1, -0.05) is 13.3 Å². The SMILES string of the molecule is CCC1CCCN(C(C)(C)CNC(=O)[C@H]2CCN[C@@H](C)C2)C1. The molecule has 2 heterocycles. The topological polar surface area (TPSA) is 44.4 Å². The van der Waals surface area contributed by atoms with Gasteiger partial charge in [0.1, 0.15) is 0 Å². The van der Waals surface area contributed by atoms with Crippen LogP contribution in [-0.2, 0) is 4.79 Å². The van der Waals surface area contributed by atoms with Crippen molar-refractivity contribution in [3.05, 3.63) is 0 Å². The average Bonchev–Trinajstić information content (AvgIpc) is 2.52. The molecule has 22 heavy (non-hydrogen) atoms. The van der Waals surface area contributed by atoms with E-state index >= 15 is 0 Å². The Morgan fingerprint density at radius 1 is 1.36 bits per heavy atom. The van der Waals surface area contributed by atoms with Gasteiger partial charge in [-0.05, 0) is 65.5 Å². The molecule has 0 aromatic heterocycles. The van der Waals surface area contributed by atoms with Gasteiger partial charge in [0.25, 0.3) is 0 Å². The molecule has 0 aromatic rings. The molecule has 3 atom stereocenters. The molecule has 4 nitrogen and oxygen atoms in total. The molecule has 1 unspecified atom stereocenters. The number of hydrogen-bond acceptors (Lipinski definition) is 3. The lowest BCUT2D eigenvalue weighted by Gasteiger charge is -2.44. The Labute approximate surface area is 136 Å². The van der Waals surface area contributed by atoms with Crippen molar-refractivity contribution in [3.63, 3.8) is 0 Å². The first-order valence-electron chi connectivity index (χ1n) is 9.18. The highest BCUT2D eigenvalue weighted by Crippen LogP contribution is 2.25. The predicted octanol–water partition coefficient (Wildman–Crippen LogP) is 2.39. The maximum absolute atomic E-state index is 12.4. The van der Waals surface area contributed by atoms with Crippen LogP contribution >= 0.6 is 0 Å². The Bertz CT molecular complexity index is 369. The van der Waals surface area contributed by atoms with Gasteiger partial charge in [0.2, 0.25) is 5.91 Å². The van der Waals surface area contributed by atoms with Gasteiger partial charge in [-0.15, -0.1) is 0 Å². The molecule has 1 amide bonds. The Hall–Kier alpha value is -0.610. The summed E-state index contributed by atoms with van der Waals surface area (Å²) < 4.78 is 0. The first-order valence-corrected chi connectivity index (χ1v) is 9.18. The molecular weight excluding hydrogens is 274 g/mol. The summed E-state index contributed by atoms with van der Waals surface area (Å²) in [5.74, 6) is 1.27. The van der Waals surface area contributed by atoms with Crippen LogP contribution in [0.3, 0.4) is 0 Å². The molecule has 4 heteroatoms. The minimum Gasteiger partial charge on any atom is -0.354 e. The third-order valence-electron chi connectivity index (χ3n) is 5.64. The van der Waals surface area contributed by atoms with E-state index in [1.165, 1.54) is 32.4 Å². The number of nitrogens with one attached hydrogen (secondary N) is 2. The van der Waals surface area contributed by atoms with Crippen LogP contribution in [0.2, 0.25) is 0 Å². The fourth-order valence-corrected chi connectivity index (χ4v) is 3.88. The van der Waals surface area contributed by atoms with Crippen molar-refractivity contribution in [1.29, 1.82) is 0 Å². The van der Waals surface area contributed by atoms with E-state index in [0.717, 1.165) is 31.8 Å².